The summed E-state index contributed by atoms with van der Waals surface area (Å²) in [7, 11) is 0. The third-order valence-corrected chi connectivity index (χ3v) is 3.90. The van der Waals surface area contributed by atoms with Gasteiger partial charge in [0.05, 0.1) is 6.61 Å². The van der Waals surface area contributed by atoms with Crippen molar-refractivity contribution in [3.05, 3.63) is 35.4 Å². The number of nitrogens with two attached hydrogens (primary N) is 1. The molecule has 1 amide bonds. The number of aryl methyl sites for hydroxylation is 1. The molecule has 0 aliphatic rings. The Hall–Kier alpha value is -1.88. The Morgan fingerprint density at radius 2 is 1.78 bits per heavy atom. The lowest BCUT2D eigenvalue weighted by Gasteiger charge is -2.14. The minimum Gasteiger partial charge on any atom is -0.394 e. The molecule has 0 aliphatic heterocycles. The molecule has 5 N–H and O–H groups in total. The van der Waals surface area contributed by atoms with Crippen molar-refractivity contribution in [1.82, 2.24) is 5.32 Å². The number of hydrogen-bond acceptors (Lipinski definition) is 3. The Morgan fingerprint density at radius 3 is 2.35 bits per heavy atom. The van der Waals surface area contributed by atoms with Gasteiger partial charge in [0.1, 0.15) is 11.9 Å². The normalized spacial score (nSPS) is 11.9. The van der Waals surface area contributed by atoms with Gasteiger partial charge < -0.3 is 16.2 Å². The van der Waals surface area contributed by atoms with E-state index in [1.807, 2.05) is 12.1 Å². The molecule has 128 valence electrons. The van der Waals surface area contributed by atoms with Crippen LogP contribution in [-0.2, 0) is 6.42 Å². The van der Waals surface area contributed by atoms with Gasteiger partial charge in [-0.2, -0.15) is 0 Å². The molecule has 0 saturated carbocycles. The molecule has 0 radical (unpaired) electrons. The highest BCUT2D eigenvalue weighted by Crippen LogP contribution is 2.11. The number of rotatable bonds is 11. The van der Waals surface area contributed by atoms with Crippen molar-refractivity contribution in [2.75, 3.05) is 6.61 Å². The fourth-order valence-electron chi connectivity index (χ4n) is 2.40. The van der Waals surface area contributed by atoms with E-state index in [0.717, 1.165) is 6.42 Å². The summed E-state index contributed by atoms with van der Waals surface area (Å²) in [6.45, 7) is 1.84. The topological polar surface area (TPSA) is 99.2 Å². The zero-order chi connectivity index (χ0) is 17.1. The number of unbranched alkanes of at least 4 members (excludes halogenated alkanes) is 5. The fraction of sp³-hybridized carbons (Fsp3) is 0.556. The second-order valence-corrected chi connectivity index (χ2v) is 5.88. The first kappa shape index (κ1) is 19.2. The molecule has 5 heteroatoms. The molecular weight excluding hydrogens is 290 g/mol. The van der Waals surface area contributed by atoms with Crippen LogP contribution in [0.3, 0.4) is 0 Å². The van der Waals surface area contributed by atoms with Crippen molar-refractivity contribution in [3.63, 3.8) is 0 Å². The van der Waals surface area contributed by atoms with E-state index in [4.69, 9.17) is 16.2 Å². The molecule has 1 rings (SSSR count). The number of carbonyl (C=O) groups excluding carboxylic acids is 1. The Bertz CT molecular complexity index is 486. The van der Waals surface area contributed by atoms with E-state index in [-0.39, 0.29) is 18.3 Å². The van der Waals surface area contributed by atoms with Gasteiger partial charge in [-0.15, -0.1) is 0 Å². The Labute approximate surface area is 138 Å². The zero-order valence-corrected chi connectivity index (χ0v) is 14.0. The average Bonchev–Trinajstić information content (AvgIpc) is 2.55. The number of hydrogen-bond donors (Lipinski definition) is 4. The molecule has 0 spiro atoms. The summed E-state index contributed by atoms with van der Waals surface area (Å²) in [6, 6.07) is 6.64. The van der Waals surface area contributed by atoms with E-state index < -0.39 is 6.04 Å². The second kappa shape index (κ2) is 10.8. The summed E-state index contributed by atoms with van der Waals surface area (Å²) < 4.78 is 0. The largest absolute Gasteiger partial charge is 0.394 e. The Morgan fingerprint density at radius 1 is 1.17 bits per heavy atom. The molecule has 1 aromatic rings. The van der Waals surface area contributed by atoms with Gasteiger partial charge in [0.2, 0.25) is 0 Å². The maximum atomic E-state index is 12.0. The number of amides is 1. The molecule has 0 saturated heterocycles. The lowest BCUT2D eigenvalue weighted by molar-refractivity contribution is 0.0933. The van der Waals surface area contributed by atoms with Crippen LogP contribution < -0.4 is 11.1 Å². The third-order valence-electron chi connectivity index (χ3n) is 3.90. The molecule has 1 aromatic carbocycles. The SMILES string of the molecule is CCCCCCCCc1ccc(C(=O)N[C@@H](CO)C(=N)N)cc1. The minimum absolute atomic E-state index is 0.249. The number of amidine groups is 1. The van der Waals surface area contributed by atoms with E-state index in [1.165, 1.54) is 44.1 Å². The first-order chi connectivity index (χ1) is 11.1. The van der Waals surface area contributed by atoms with Crippen molar-refractivity contribution < 1.29 is 9.90 Å². The van der Waals surface area contributed by atoms with E-state index in [9.17, 15) is 4.79 Å². The maximum absolute atomic E-state index is 12.0. The van der Waals surface area contributed by atoms with Crippen molar-refractivity contribution in [2.24, 2.45) is 5.73 Å². The molecule has 23 heavy (non-hydrogen) atoms. The van der Waals surface area contributed by atoms with E-state index in [0.29, 0.717) is 5.56 Å². The Kier molecular flexibility index (Phi) is 8.98. The second-order valence-electron chi connectivity index (χ2n) is 5.88. The van der Waals surface area contributed by atoms with Crippen LogP contribution in [0.5, 0.6) is 0 Å². The van der Waals surface area contributed by atoms with Crippen LogP contribution in [0.4, 0.5) is 0 Å². The molecule has 0 aromatic heterocycles. The first-order valence-corrected chi connectivity index (χ1v) is 8.43. The van der Waals surface area contributed by atoms with Gasteiger partial charge >= 0.3 is 0 Å². The van der Waals surface area contributed by atoms with Crippen LogP contribution >= 0.6 is 0 Å². The molecule has 5 nitrogen and oxygen atoms in total. The standard InChI is InChI=1S/C18H29N3O2/c1-2-3-4-5-6-7-8-14-9-11-15(12-10-14)18(23)21-16(13-22)17(19)20/h9-12,16,22H,2-8,13H2,1H3,(H3,19,20)(H,21,23)/t16-/m0/s1. The number of carbonyl (C=O) groups is 1. The Balaban J connectivity index is 2.40. The number of aliphatic hydroxyl groups is 1. The van der Waals surface area contributed by atoms with Gasteiger partial charge in [-0.05, 0) is 30.5 Å². The van der Waals surface area contributed by atoms with Gasteiger partial charge in [-0.1, -0.05) is 51.2 Å². The van der Waals surface area contributed by atoms with Crippen LogP contribution in [-0.4, -0.2) is 29.5 Å². The van der Waals surface area contributed by atoms with Crippen LogP contribution in [0.25, 0.3) is 0 Å². The summed E-state index contributed by atoms with van der Waals surface area (Å²) in [5, 5.41) is 18.9. The monoisotopic (exact) mass is 319 g/mol. The number of nitrogens with one attached hydrogen (secondary N) is 2. The van der Waals surface area contributed by atoms with Gasteiger partial charge in [0.15, 0.2) is 0 Å². The van der Waals surface area contributed by atoms with Gasteiger partial charge in [0.25, 0.3) is 5.91 Å². The number of aliphatic hydroxyl groups excluding tert-OH is 1. The van der Waals surface area contributed by atoms with Crippen molar-refractivity contribution >= 4 is 11.7 Å². The van der Waals surface area contributed by atoms with Crippen LogP contribution in [0, 0.1) is 5.41 Å². The molecule has 0 fully saturated rings. The maximum Gasteiger partial charge on any atom is 0.251 e. The summed E-state index contributed by atoms with van der Waals surface area (Å²) in [5.41, 5.74) is 7.04. The van der Waals surface area contributed by atoms with Gasteiger partial charge in [0, 0.05) is 5.56 Å². The van der Waals surface area contributed by atoms with Gasteiger partial charge in [-0.25, -0.2) is 0 Å². The lowest BCUT2D eigenvalue weighted by Crippen LogP contribution is -2.46. The highest BCUT2D eigenvalue weighted by molar-refractivity contribution is 5.97. The van der Waals surface area contributed by atoms with Crippen molar-refractivity contribution in [1.29, 1.82) is 5.41 Å². The third kappa shape index (κ3) is 7.28. The van der Waals surface area contributed by atoms with Crippen molar-refractivity contribution in [3.8, 4) is 0 Å². The molecule has 0 bridgehead atoms. The number of benzene rings is 1. The van der Waals surface area contributed by atoms with Gasteiger partial charge in [-0.3, -0.25) is 10.2 Å². The molecule has 0 heterocycles. The summed E-state index contributed by atoms with van der Waals surface area (Å²) in [5.74, 6) is -0.578. The summed E-state index contributed by atoms with van der Waals surface area (Å²) >= 11 is 0. The quantitative estimate of drug-likeness (QED) is 0.286. The van der Waals surface area contributed by atoms with E-state index in [1.54, 1.807) is 12.1 Å². The average molecular weight is 319 g/mol. The molecule has 0 aliphatic carbocycles. The van der Waals surface area contributed by atoms with Crippen LogP contribution in [0.1, 0.15) is 61.4 Å². The predicted molar refractivity (Wildman–Crippen MR) is 93.8 cm³/mol. The molecule has 0 unspecified atom stereocenters. The smallest absolute Gasteiger partial charge is 0.251 e. The highest BCUT2D eigenvalue weighted by atomic mass is 16.3. The van der Waals surface area contributed by atoms with Crippen LogP contribution in [0.15, 0.2) is 24.3 Å². The summed E-state index contributed by atoms with van der Waals surface area (Å²) in [4.78, 5) is 12.0. The van der Waals surface area contributed by atoms with Crippen LogP contribution in [0.2, 0.25) is 0 Å². The fourth-order valence-corrected chi connectivity index (χ4v) is 2.40. The zero-order valence-electron chi connectivity index (χ0n) is 14.0. The van der Waals surface area contributed by atoms with Crippen molar-refractivity contribution in [2.45, 2.75) is 57.9 Å². The predicted octanol–water partition coefficient (Wildman–Crippen LogP) is 2.62. The van der Waals surface area contributed by atoms with E-state index >= 15 is 0 Å². The lowest BCUT2D eigenvalue weighted by atomic mass is 10.0. The van der Waals surface area contributed by atoms with E-state index in [2.05, 4.69) is 12.2 Å². The molecule has 1 atom stereocenters. The molecular formula is C18H29N3O2. The summed E-state index contributed by atoms with van der Waals surface area (Å²) in [6.07, 6.45) is 8.65. The highest BCUT2D eigenvalue weighted by Gasteiger charge is 2.15. The minimum atomic E-state index is -0.828. The first-order valence-electron chi connectivity index (χ1n) is 8.43.